The van der Waals surface area contributed by atoms with Crippen LogP contribution < -0.4 is 5.32 Å². The Morgan fingerprint density at radius 3 is 2.46 bits per heavy atom. The van der Waals surface area contributed by atoms with E-state index in [0.29, 0.717) is 23.4 Å². The van der Waals surface area contributed by atoms with E-state index in [-0.39, 0.29) is 30.4 Å². The zero-order valence-corrected chi connectivity index (χ0v) is 20.3. The van der Waals surface area contributed by atoms with Crippen LogP contribution in [0.1, 0.15) is 54.1 Å². The van der Waals surface area contributed by atoms with Crippen molar-refractivity contribution >= 4 is 17.5 Å². The number of hydrogen-bond donors (Lipinski definition) is 2. The number of carbonyl (C=O) groups excluding carboxylic acids is 2. The highest BCUT2D eigenvalue weighted by molar-refractivity contribution is 6.04. The molecule has 1 saturated heterocycles. The van der Waals surface area contributed by atoms with Gasteiger partial charge in [-0.1, -0.05) is 51.1 Å². The summed E-state index contributed by atoms with van der Waals surface area (Å²) in [5, 5.41) is 14.0. The number of nitrogens with zero attached hydrogens (tertiary/aromatic N) is 2. The smallest absolute Gasteiger partial charge is 0.255 e. The minimum atomic E-state index is -0.947. The molecule has 2 N–H and O–H groups in total. The van der Waals surface area contributed by atoms with E-state index in [0.717, 1.165) is 11.3 Å². The zero-order valence-electron chi connectivity index (χ0n) is 20.3. The van der Waals surface area contributed by atoms with Gasteiger partial charge in [0.1, 0.15) is 12.7 Å². The lowest BCUT2D eigenvalue weighted by Crippen LogP contribution is -2.51. The molecular formula is C28H31N3O4. The van der Waals surface area contributed by atoms with E-state index in [1.807, 2.05) is 42.5 Å². The van der Waals surface area contributed by atoms with Gasteiger partial charge in [-0.15, -0.1) is 0 Å². The monoisotopic (exact) mass is 473 g/mol. The number of nitrogens with one attached hydrogen (secondary N) is 1. The molecule has 1 aliphatic heterocycles. The normalized spacial score (nSPS) is 17.2. The van der Waals surface area contributed by atoms with Crippen LogP contribution in [0.4, 0.5) is 5.69 Å². The van der Waals surface area contributed by atoms with Gasteiger partial charge in [-0.25, -0.2) is 0 Å². The fraction of sp³-hybridized carbons (Fsp3) is 0.321. The molecule has 4 rings (SSSR count). The van der Waals surface area contributed by atoms with Crippen LogP contribution in [0.3, 0.4) is 0 Å². The first kappa shape index (κ1) is 24.6. The maximum absolute atomic E-state index is 12.7. The second-order valence-electron chi connectivity index (χ2n) is 9.77. The predicted molar refractivity (Wildman–Crippen MR) is 134 cm³/mol. The molecule has 2 heterocycles. The van der Waals surface area contributed by atoms with Crippen molar-refractivity contribution in [3.8, 4) is 0 Å². The number of benzene rings is 2. The average Bonchev–Trinajstić information content (AvgIpc) is 2.85. The summed E-state index contributed by atoms with van der Waals surface area (Å²) in [7, 11) is 0. The molecular weight excluding hydrogens is 442 g/mol. The summed E-state index contributed by atoms with van der Waals surface area (Å²) in [4.78, 5) is 31.1. The molecule has 1 fully saturated rings. The number of pyridine rings is 1. The number of carbonyl (C=O) groups is 2. The Labute approximate surface area is 205 Å². The van der Waals surface area contributed by atoms with Crippen molar-refractivity contribution in [2.45, 2.75) is 44.9 Å². The molecule has 0 saturated carbocycles. The number of ether oxygens (including phenoxy) is 1. The highest BCUT2D eigenvalue weighted by Crippen LogP contribution is 2.27. The van der Waals surface area contributed by atoms with E-state index in [4.69, 9.17) is 4.74 Å². The van der Waals surface area contributed by atoms with Crippen LogP contribution in [0.2, 0.25) is 0 Å². The van der Waals surface area contributed by atoms with Crippen molar-refractivity contribution in [1.82, 2.24) is 9.88 Å². The third-order valence-corrected chi connectivity index (χ3v) is 6.18. The molecule has 7 heteroatoms. The van der Waals surface area contributed by atoms with Crippen LogP contribution in [0, 0.1) is 0 Å². The number of aliphatic hydroxyl groups excluding tert-OH is 1. The van der Waals surface area contributed by atoms with Crippen molar-refractivity contribution < 1.29 is 19.4 Å². The molecule has 35 heavy (non-hydrogen) atoms. The Balaban J connectivity index is 1.43. The standard InChI is InChI=1S/C28H31N3O4/c1-28(2,3)21-11-7-20(8-12-21)27(34)30-22-13-9-19(10-14-22)26(33)24-17-35-18-25(32)31(24)16-23-6-4-5-15-29-23/h4-15,24,26,33H,16-18H2,1-3H3,(H,30,34). The minimum Gasteiger partial charge on any atom is -0.386 e. The maximum Gasteiger partial charge on any atom is 0.255 e. The number of hydrogen-bond acceptors (Lipinski definition) is 5. The van der Waals surface area contributed by atoms with E-state index in [1.165, 1.54) is 0 Å². The quantitative estimate of drug-likeness (QED) is 0.563. The van der Waals surface area contributed by atoms with Crippen LogP contribution >= 0.6 is 0 Å². The number of aromatic nitrogens is 1. The molecule has 0 radical (unpaired) electrons. The van der Waals surface area contributed by atoms with E-state index < -0.39 is 12.1 Å². The highest BCUT2D eigenvalue weighted by atomic mass is 16.5. The third kappa shape index (κ3) is 5.93. The maximum atomic E-state index is 12.7. The minimum absolute atomic E-state index is 0.0161. The Morgan fingerprint density at radius 1 is 1.11 bits per heavy atom. The number of aliphatic hydroxyl groups is 1. The molecule has 182 valence electrons. The van der Waals surface area contributed by atoms with Gasteiger partial charge in [-0.3, -0.25) is 14.6 Å². The van der Waals surface area contributed by atoms with E-state index in [1.54, 1.807) is 35.4 Å². The van der Waals surface area contributed by atoms with Crippen molar-refractivity contribution in [2.75, 3.05) is 18.5 Å². The zero-order chi connectivity index (χ0) is 25.0. The van der Waals surface area contributed by atoms with Crippen LogP contribution in [0.5, 0.6) is 0 Å². The van der Waals surface area contributed by atoms with Gasteiger partial charge in [-0.2, -0.15) is 0 Å². The number of rotatable bonds is 6. The second kappa shape index (κ2) is 10.4. The van der Waals surface area contributed by atoms with Gasteiger partial charge in [0, 0.05) is 17.4 Å². The lowest BCUT2D eigenvalue weighted by atomic mass is 9.87. The summed E-state index contributed by atoms with van der Waals surface area (Å²) >= 11 is 0. The van der Waals surface area contributed by atoms with Gasteiger partial charge in [0.05, 0.1) is 24.9 Å². The topological polar surface area (TPSA) is 91.8 Å². The van der Waals surface area contributed by atoms with Crippen molar-refractivity contribution in [3.63, 3.8) is 0 Å². The second-order valence-corrected chi connectivity index (χ2v) is 9.77. The summed E-state index contributed by atoms with van der Waals surface area (Å²) in [6.07, 6.45) is 0.732. The number of morpholine rings is 1. The molecule has 0 bridgehead atoms. The largest absolute Gasteiger partial charge is 0.386 e. The summed E-state index contributed by atoms with van der Waals surface area (Å²) < 4.78 is 5.43. The summed E-state index contributed by atoms with van der Waals surface area (Å²) in [6.45, 7) is 6.90. The molecule has 7 nitrogen and oxygen atoms in total. The van der Waals surface area contributed by atoms with Gasteiger partial charge in [0.2, 0.25) is 5.91 Å². The summed E-state index contributed by atoms with van der Waals surface area (Å²) in [5.74, 6) is -0.390. The van der Waals surface area contributed by atoms with Crippen LogP contribution in [0.25, 0.3) is 0 Å². The van der Waals surface area contributed by atoms with Crippen molar-refractivity contribution in [2.24, 2.45) is 0 Å². The van der Waals surface area contributed by atoms with Crippen LogP contribution in [0.15, 0.2) is 72.9 Å². The van der Waals surface area contributed by atoms with Gasteiger partial charge in [-0.05, 0) is 52.9 Å². The van der Waals surface area contributed by atoms with Crippen molar-refractivity contribution in [1.29, 1.82) is 0 Å². The number of amides is 2. The molecule has 2 aromatic carbocycles. The molecule has 3 aromatic rings. The van der Waals surface area contributed by atoms with Crippen LogP contribution in [-0.4, -0.2) is 46.1 Å². The molecule has 0 aliphatic carbocycles. The van der Waals surface area contributed by atoms with Crippen molar-refractivity contribution in [3.05, 3.63) is 95.3 Å². The van der Waals surface area contributed by atoms with Gasteiger partial charge in [0.25, 0.3) is 5.91 Å². The Hall–Kier alpha value is -3.55. The lowest BCUT2D eigenvalue weighted by Gasteiger charge is -2.38. The molecule has 2 amide bonds. The highest BCUT2D eigenvalue weighted by Gasteiger charge is 2.35. The number of anilines is 1. The Bertz CT molecular complexity index is 1160. The molecule has 0 spiro atoms. The summed E-state index contributed by atoms with van der Waals surface area (Å²) in [5.41, 5.74) is 3.75. The lowest BCUT2D eigenvalue weighted by molar-refractivity contribution is -0.155. The molecule has 2 unspecified atom stereocenters. The Kier molecular flexibility index (Phi) is 7.28. The molecule has 1 aromatic heterocycles. The predicted octanol–water partition coefficient (Wildman–Crippen LogP) is 4.09. The fourth-order valence-corrected chi connectivity index (χ4v) is 4.07. The van der Waals surface area contributed by atoms with Gasteiger partial charge in [0.15, 0.2) is 0 Å². The summed E-state index contributed by atoms with van der Waals surface area (Å²) in [6, 6.07) is 19.6. The van der Waals surface area contributed by atoms with Gasteiger partial charge < -0.3 is 20.1 Å². The van der Waals surface area contributed by atoms with Gasteiger partial charge >= 0.3 is 0 Å². The van der Waals surface area contributed by atoms with E-state index in [9.17, 15) is 14.7 Å². The third-order valence-electron chi connectivity index (χ3n) is 6.18. The first-order valence-electron chi connectivity index (χ1n) is 11.7. The fourth-order valence-electron chi connectivity index (χ4n) is 4.07. The average molecular weight is 474 g/mol. The molecule has 2 atom stereocenters. The first-order chi connectivity index (χ1) is 16.7. The van der Waals surface area contributed by atoms with E-state index >= 15 is 0 Å². The first-order valence-corrected chi connectivity index (χ1v) is 11.7. The van der Waals surface area contributed by atoms with E-state index in [2.05, 4.69) is 31.1 Å². The van der Waals surface area contributed by atoms with Crippen LogP contribution in [-0.2, 0) is 21.5 Å². The Morgan fingerprint density at radius 2 is 1.83 bits per heavy atom. The molecule has 1 aliphatic rings. The SMILES string of the molecule is CC(C)(C)c1ccc(C(=O)Nc2ccc(C(O)C3COCC(=O)N3Cc3ccccn3)cc2)cc1.